The highest BCUT2D eigenvalue weighted by Crippen LogP contribution is 2.55. The first-order chi connectivity index (χ1) is 31.4. The quantitative estimate of drug-likeness (QED) is 0.165. The van der Waals surface area contributed by atoms with E-state index < -0.39 is 0 Å². The molecule has 0 radical (unpaired) electrons. The first-order valence-electron chi connectivity index (χ1n) is 23.1. The Kier molecular flexibility index (Phi) is 7.75. The SMILES string of the molecule is Cc1cc2c3c(c1)-n1c4c(c5cc(C(C)(C)C)cc(c51)B3c1ccc(N(c3ccccc3C)c3ccccc3C)cc1N2c1cccc2c1oc1ccccc12)C(C)(C)c1ccccc1-4. The van der Waals surface area contributed by atoms with Crippen molar-refractivity contribution in [1.82, 2.24) is 4.57 Å². The summed E-state index contributed by atoms with van der Waals surface area (Å²) in [7, 11) is 0. The second kappa shape index (κ2) is 13.2. The molecule has 0 saturated heterocycles. The normalized spacial score (nSPS) is 14.2. The van der Waals surface area contributed by atoms with Gasteiger partial charge in [0.1, 0.15) is 5.58 Å². The van der Waals surface area contributed by atoms with Crippen molar-refractivity contribution in [2.75, 3.05) is 9.80 Å². The van der Waals surface area contributed by atoms with E-state index in [4.69, 9.17) is 4.42 Å². The number of hydrogen-bond donors (Lipinski definition) is 0. The molecule has 65 heavy (non-hydrogen) atoms. The lowest BCUT2D eigenvalue weighted by atomic mass is 9.33. The van der Waals surface area contributed by atoms with E-state index in [1.807, 2.05) is 0 Å². The van der Waals surface area contributed by atoms with Crippen molar-refractivity contribution in [1.29, 1.82) is 0 Å². The molecule has 314 valence electrons. The summed E-state index contributed by atoms with van der Waals surface area (Å²) in [4.78, 5) is 4.99. The van der Waals surface area contributed by atoms with Crippen molar-refractivity contribution in [2.45, 2.75) is 66.2 Å². The zero-order chi connectivity index (χ0) is 44.3. The van der Waals surface area contributed by atoms with Gasteiger partial charge in [0.15, 0.2) is 5.58 Å². The highest BCUT2D eigenvalue weighted by Gasteiger charge is 2.48. The molecule has 10 aromatic rings. The van der Waals surface area contributed by atoms with Crippen LogP contribution < -0.4 is 26.2 Å². The smallest absolute Gasteiger partial charge is 0.252 e. The van der Waals surface area contributed by atoms with Crippen molar-refractivity contribution in [3.8, 4) is 16.9 Å². The number of rotatable bonds is 4. The Morgan fingerprint density at radius 3 is 2.02 bits per heavy atom. The van der Waals surface area contributed by atoms with Gasteiger partial charge in [-0.15, -0.1) is 0 Å². The van der Waals surface area contributed by atoms with E-state index in [1.165, 1.54) is 83.3 Å². The molecule has 2 aromatic heterocycles. The van der Waals surface area contributed by atoms with E-state index in [0.29, 0.717) is 0 Å². The van der Waals surface area contributed by atoms with Crippen LogP contribution in [0.25, 0.3) is 49.8 Å². The fourth-order valence-corrected chi connectivity index (χ4v) is 11.9. The average Bonchev–Trinajstić information content (AvgIpc) is 3.93. The number of para-hydroxylation sites is 4. The molecule has 0 bridgehead atoms. The molecule has 1 aliphatic carbocycles. The molecule has 4 heterocycles. The summed E-state index contributed by atoms with van der Waals surface area (Å²) in [6, 6.07) is 59.0. The van der Waals surface area contributed by atoms with Gasteiger partial charge < -0.3 is 18.8 Å². The van der Waals surface area contributed by atoms with Crippen LogP contribution in [-0.2, 0) is 10.8 Å². The number of furan rings is 1. The third-order valence-corrected chi connectivity index (χ3v) is 15.0. The largest absolute Gasteiger partial charge is 0.454 e. The van der Waals surface area contributed by atoms with Gasteiger partial charge >= 0.3 is 0 Å². The van der Waals surface area contributed by atoms with Crippen LogP contribution in [0.2, 0.25) is 0 Å². The predicted molar refractivity (Wildman–Crippen MR) is 275 cm³/mol. The number of fused-ring (bicyclic) bond motifs is 12. The Hall–Kier alpha value is -7.24. The Morgan fingerprint density at radius 2 is 1.26 bits per heavy atom. The zero-order valence-electron chi connectivity index (χ0n) is 38.3. The maximum absolute atomic E-state index is 6.95. The van der Waals surface area contributed by atoms with Crippen LogP contribution in [0.5, 0.6) is 0 Å². The Labute approximate surface area is 381 Å². The third-order valence-electron chi connectivity index (χ3n) is 15.0. The number of nitrogens with zero attached hydrogens (tertiary/aromatic N) is 3. The lowest BCUT2D eigenvalue weighted by Gasteiger charge is -2.41. The minimum absolute atomic E-state index is 0.0215. The first-order valence-corrected chi connectivity index (χ1v) is 23.1. The lowest BCUT2D eigenvalue weighted by molar-refractivity contribution is 0.591. The third kappa shape index (κ3) is 5.15. The van der Waals surface area contributed by atoms with Crippen molar-refractivity contribution in [2.24, 2.45) is 0 Å². The van der Waals surface area contributed by atoms with Crippen molar-refractivity contribution < 1.29 is 4.42 Å². The molecule has 8 aromatic carbocycles. The number of anilines is 6. The zero-order valence-corrected chi connectivity index (χ0v) is 38.3. The van der Waals surface area contributed by atoms with Gasteiger partial charge in [-0.3, -0.25) is 0 Å². The topological polar surface area (TPSA) is 24.6 Å². The fraction of sp³-hybridized carbons (Fsp3) is 0.167. The molecule has 2 aliphatic heterocycles. The van der Waals surface area contributed by atoms with Crippen LogP contribution in [0.4, 0.5) is 34.1 Å². The van der Waals surface area contributed by atoms with E-state index in [2.05, 4.69) is 227 Å². The minimum Gasteiger partial charge on any atom is -0.454 e. The van der Waals surface area contributed by atoms with Gasteiger partial charge in [-0.05, 0) is 131 Å². The second-order valence-corrected chi connectivity index (χ2v) is 20.3. The van der Waals surface area contributed by atoms with Crippen molar-refractivity contribution in [3.05, 3.63) is 191 Å². The van der Waals surface area contributed by atoms with Crippen molar-refractivity contribution >= 4 is 90.1 Å². The average molecular weight is 840 g/mol. The van der Waals surface area contributed by atoms with E-state index in [-0.39, 0.29) is 17.5 Å². The summed E-state index contributed by atoms with van der Waals surface area (Å²) in [6.45, 7) is 18.7. The monoisotopic (exact) mass is 839 g/mol. The molecule has 3 aliphatic rings. The number of hydrogen-bond acceptors (Lipinski definition) is 3. The van der Waals surface area contributed by atoms with Crippen LogP contribution in [0.1, 0.15) is 68.0 Å². The number of aryl methyl sites for hydroxylation is 3. The Morgan fingerprint density at radius 1 is 0.585 bits per heavy atom. The molecule has 0 amide bonds. The second-order valence-electron chi connectivity index (χ2n) is 20.3. The molecule has 4 nitrogen and oxygen atoms in total. The molecule has 0 spiro atoms. The Balaban J connectivity index is 1.18. The Bertz CT molecular complexity index is 3650. The highest BCUT2D eigenvalue weighted by atomic mass is 16.3. The predicted octanol–water partition coefficient (Wildman–Crippen LogP) is 14.1. The van der Waals surface area contributed by atoms with Crippen LogP contribution in [0, 0.1) is 20.8 Å². The van der Waals surface area contributed by atoms with Crippen LogP contribution in [0.15, 0.2) is 162 Å². The van der Waals surface area contributed by atoms with E-state index in [0.717, 1.165) is 50.4 Å². The van der Waals surface area contributed by atoms with Crippen LogP contribution in [0.3, 0.4) is 0 Å². The fourth-order valence-electron chi connectivity index (χ4n) is 11.9. The van der Waals surface area contributed by atoms with Crippen LogP contribution in [-0.4, -0.2) is 11.3 Å². The van der Waals surface area contributed by atoms with E-state index in [9.17, 15) is 0 Å². The molecule has 0 fully saturated rings. The first kappa shape index (κ1) is 38.2. The van der Waals surface area contributed by atoms with Gasteiger partial charge in [-0.1, -0.05) is 138 Å². The van der Waals surface area contributed by atoms with E-state index >= 15 is 0 Å². The molecule has 0 atom stereocenters. The number of benzene rings is 8. The number of aromatic nitrogens is 1. The summed E-state index contributed by atoms with van der Waals surface area (Å²) in [5, 5.41) is 3.61. The summed E-state index contributed by atoms with van der Waals surface area (Å²) in [5.41, 5.74) is 25.4. The summed E-state index contributed by atoms with van der Waals surface area (Å²) >= 11 is 0. The standard InChI is InChI=1S/C60H50BN3O/c1-35-30-51-55-52(31-35)64-56-43(54-57(64)42-21-11-13-23-44(42)60(54,7)8)32-38(59(4,5)6)33-46(56)61(55)45-29-28-39(62(47-24-14-9-18-36(47)2)48-25-15-10-19-37(48)3)34-50(45)63(51)49-26-17-22-41-40-20-12-16-27-53(40)65-58(41)49/h9-34H,1-8H3. The van der Waals surface area contributed by atoms with Gasteiger partial charge in [-0.25, -0.2) is 0 Å². The molecule has 0 unspecified atom stereocenters. The van der Waals surface area contributed by atoms with Gasteiger partial charge in [0, 0.05) is 66.8 Å². The van der Waals surface area contributed by atoms with Gasteiger partial charge in [0.25, 0.3) is 6.71 Å². The molecule has 13 rings (SSSR count). The molecule has 0 saturated carbocycles. The molecule has 0 N–H and O–H groups in total. The van der Waals surface area contributed by atoms with Gasteiger partial charge in [-0.2, -0.15) is 0 Å². The highest BCUT2D eigenvalue weighted by molar-refractivity contribution is 7.00. The van der Waals surface area contributed by atoms with Crippen molar-refractivity contribution in [3.63, 3.8) is 0 Å². The molecular weight excluding hydrogens is 789 g/mol. The lowest BCUT2D eigenvalue weighted by Crippen LogP contribution is -2.60. The summed E-state index contributed by atoms with van der Waals surface area (Å²) in [5.74, 6) is 0. The maximum Gasteiger partial charge on any atom is 0.252 e. The molecular formula is C60H50BN3O. The minimum atomic E-state index is -0.180. The maximum atomic E-state index is 6.95. The summed E-state index contributed by atoms with van der Waals surface area (Å²) in [6.07, 6.45) is 0. The molecule has 5 heteroatoms. The van der Waals surface area contributed by atoms with Crippen LogP contribution >= 0.6 is 0 Å². The van der Waals surface area contributed by atoms with Gasteiger partial charge in [0.2, 0.25) is 0 Å². The summed E-state index contributed by atoms with van der Waals surface area (Å²) < 4.78 is 9.62. The van der Waals surface area contributed by atoms with E-state index in [1.54, 1.807) is 0 Å². The van der Waals surface area contributed by atoms with Gasteiger partial charge in [0.05, 0.1) is 11.4 Å².